The first kappa shape index (κ1) is 22.1. The van der Waals surface area contributed by atoms with Gasteiger partial charge in [-0.05, 0) is 30.0 Å². The van der Waals surface area contributed by atoms with Gasteiger partial charge in [-0.1, -0.05) is 61.9 Å². The zero-order valence-corrected chi connectivity index (χ0v) is 18.7. The number of nitrogens with zero attached hydrogens (tertiary/aromatic N) is 2. The molecule has 0 atom stereocenters. The van der Waals surface area contributed by atoms with Crippen LogP contribution in [0, 0.1) is 11.3 Å². The number of benzene rings is 1. The summed E-state index contributed by atoms with van der Waals surface area (Å²) in [6.45, 7) is 3.26. The van der Waals surface area contributed by atoms with Gasteiger partial charge in [0.25, 0.3) is 5.24 Å². The molecule has 156 valence electrons. The monoisotopic (exact) mass is 439 g/mol. The molecule has 0 saturated heterocycles. The number of hydrogen-bond donors (Lipinski definition) is 1. The lowest BCUT2D eigenvalue weighted by atomic mass is 10.0. The molecule has 1 aromatic carbocycles. The van der Waals surface area contributed by atoms with Crippen molar-refractivity contribution in [3.8, 4) is 6.07 Å². The summed E-state index contributed by atoms with van der Waals surface area (Å²) in [5, 5.41) is 13.1. The SMILES string of the molecule is CCCCCSC(=O)N1CCc2c(sc(NC(=O)C=Cc3ccccc3)c2C#N)C1. The normalized spacial score (nSPS) is 13.1. The third-order valence-corrected chi connectivity index (χ3v) is 6.99. The third kappa shape index (κ3) is 5.74. The molecule has 0 radical (unpaired) electrons. The van der Waals surface area contributed by atoms with Gasteiger partial charge in [-0.2, -0.15) is 5.26 Å². The summed E-state index contributed by atoms with van der Waals surface area (Å²) in [5.41, 5.74) is 2.42. The maximum atomic E-state index is 12.5. The minimum atomic E-state index is -0.270. The Hall–Kier alpha value is -2.56. The van der Waals surface area contributed by atoms with Gasteiger partial charge in [0.2, 0.25) is 5.91 Å². The highest BCUT2D eigenvalue weighted by atomic mass is 32.2. The van der Waals surface area contributed by atoms with Crippen molar-refractivity contribution in [1.82, 2.24) is 4.90 Å². The molecule has 2 heterocycles. The lowest BCUT2D eigenvalue weighted by Crippen LogP contribution is -2.33. The van der Waals surface area contributed by atoms with Gasteiger partial charge in [0.1, 0.15) is 11.1 Å². The number of nitrogens with one attached hydrogen (secondary N) is 1. The summed E-state index contributed by atoms with van der Waals surface area (Å²) in [6.07, 6.45) is 7.19. The van der Waals surface area contributed by atoms with Crippen molar-refractivity contribution < 1.29 is 9.59 Å². The Balaban J connectivity index is 1.64. The molecule has 0 unspecified atom stereocenters. The van der Waals surface area contributed by atoms with Crippen LogP contribution >= 0.6 is 23.1 Å². The number of rotatable bonds is 7. The quantitative estimate of drug-likeness (QED) is 0.445. The molecule has 3 rings (SSSR count). The zero-order chi connectivity index (χ0) is 21.3. The summed E-state index contributed by atoms with van der Waals surface area (Å²) in [7, 11) is 0. The van der Waals surface area contributed by atoms with Gasteiger partial charge < -0.3 is 10.2 Å². The summed E-state index contributed by atoms with van der Waals surface area (Å²) < 4.78 is 0. The molecule has 0 spiro atoms. The average Bonchev–Trinajstić information content (AvgIpc) is 3.11. The van der Waals surface area contributed by atoms with E-state index in [-0.39, 0.29) is 11.1 Å². The van der Waals surface area contributed by atoms with Crippen molar-refractivity contribution in [3.05, 3.63) is 58.0 Å². The first-order chi connectivity index (χ1) is 14.6. The Morgan fingerprint density at radius 1 is 1.30 bits per heavy atom. The van der Waals surface area contributed by atoms with Crippen LogP contribution in [0.25, 0.3) is 6.08 Å². The van der Waals surface area contributed by atoms with Crippen molar-refractivity contribution in [2.24, 2.45) is 0 Å². The number of unbranched alkanes of at least 4 members (excludes halogenated alkanes) is 2. The molecule has 0 saturated carbocycles. The Morgan fingerprint density at radius 3 is 2.83 bits per heavy atom. The number of thioether (sulfide) groups is 1. The topological polar surface area (TPSA) is 73.2 Å². The van der Waals surface area contributed by atoms with E-state index in [4.69, 9.17) is 0 Å². The molecule has 1 aliphatic heterocycles. The molecule has 7 heteroatoms. The lowest BCUT2D eigenvalue weighted by Gasteiger charge is -2.26. The lowest BCUT2D eigenvalue weighted by molar-refractivity contribution is -0.111. The molecule has 0 aliphatic carbocycles. The van der Waals surface area contributed by atoms with E-state index in [2.05, 4.69) is 18.3 Å². The Kier molecular flexibility index (Phi) is 8.12. The highest BCUT2D eigenvalue weighted by molar-refractivity contribution is 8.13. The first-order valence-electron chi connectivity index (χ1n) is 10.1. The maximum absolute atomic E-state index is 12.5. The van der Waals surface area contributed by atoms with E-state index < -0.39 is 0 Å². The zero-order valence-electron chi connectivity index (χ0n) is 17.0. The van der Waals surface area contributed by atoms with E-state index in [9.17, 15) is 14.9 Å². The van der Waals surface area contributed by atoms with Gasteiger partial charge in [0.15, 0.2) is 0 Å². The van der Waals surface area contributed by atoms with E-state index in [1.165, 1.54) is 29.2 Å². The molecular formula is C23H25N3O2S2. The van der Waals surface area contributed by atoms with E-state index >= 15 is 0 Å². The number of fused-ring (bicyclic) bond motifs is 1. The van der Waals surface area contributed by atoms with Crippen molar-refractivity contribution in [1.29, 1.82) is 5.26 Å². The Labute approximate surface area is 185 Å². The number of carbonyl (C=O) groups excluding carboxylic acids is 2. The molecule has 30 heavy (non-hydrogen) atoms. The fourth-order valence-corrected chi connectivity index (χ4v) is 5.34. The number of anilines is 1. The second-order valence-corrected chi connectivity index (χ2v) is 9.20. The second kappa shape index (κ2) is 11.0. The Bertz CT molecular complexity index is 961. The van der Waals surface area contributed by atoms with Crippen molar-refractivity contribution in [2.75, 3.05) is 17.6 Å². The second-order valence-electron chi connectivity index (χ2n) is 7.05. The predicted octanol–water partition coefficient (Wildman–Crippen LogP) is 5.67. The van der Waals surface area contributed by atoms with Crippen LogP contribution in [0.5, 0.6) is 0 Å². The van der Waals surface area contributed by atoms with Gasteiger partial charge >= 0.3 is 0 Å². The minimum Gasteiger partial charge on any atom is -0.328 e. The third-order valence-electron chi connectivity index (χ3n) is 4.86. The molecule has 1 N–H and O–H groups in total. The highest BCUT2D eigenvalue weighted by Gasteiger charge is 2.27. The van der Waals surface area contributed by atoms with Gasteiger partial charge in [0.05, 0.1) is 12.1 Å². The summed E-state index contributed by atoms with van der Waals surface area (Å²) in [5.74, 6) is 0.576. The average molecular weight is 440 g/mol. The molecule has 0 bridgehead atoms. The van der Waals surface area contributed by atoms with Crippen LogP contribution in [0.15, 0.2) is 36.4 Å². The molecule has 1 aliphatic rings. The van der Waals surface area contributed by atoms with Crippen LogP contribution in [-0.4, -0.2) is 28.3 Å². The highest BCUT2D eigenvalue weighted by Crippen LogP contribution is 2.37. The molecule has 0 fully saturated rings. The number of carbonyl (C=O) groups is 2. The minimum absolute atomic E-state index is 0.0973. The van der Waals surface area contributed by atoms with Crippen LogP contribution < -0.4 is 5.32 Å². The van der Waals surface area contributed by atoms with E-state index in [0.717, 1.165) is 41.0 Å². The van der Waals surface area contributed by atoms with Gasteiger partial charge in [-0.25, -0.2) is 0 Å². The van der Waals surface area contributed by atoms with Gasteiger partial charge in [0, 0.05) is 23.3 Å². The Morgan fingerprint density at radius 2 is 2.10 bits per heavy atom. The largest absolute Gasteiger partial charge is 0.328 e. The van der Waals surface area contributed by atoms with Crippen LogP contribution in [0.2, 0.25) is 0 Å². The van der Waals surface area contributed by atoms with Crippen LogP contribution in [0.1, 0.15) is 47.8 Å². The van der Waals surface area contributed by atoms with Crippen LogP contribution in [0.3, 0.4) is 0 Å². The fourth-order valence-electron chi connectivity index (χ4n) is 3.26. The van der Waals surface area contributed by atoms with Crippen LogP contribution in [-0.2, 0) is 17.8 Å². The van der Waals surface area contributed by atoms with Crippen molar-refractivity contribution >= 4 is 45.3 Å². The number of hydrogen-bond acceptors (Lipinski definition) is 5. The van der Waals surface area contributed by atoms with Gasteiger partial charge in [-0.15, -0.1) is 11.3 Å². The molecule has 1 aromatic heterocycles. The van der Waals surface area contributed by atoms with E-state index in [1.807, 2.05) is 35.2 Å². The van der Waals surface area contributed by atoms with E-state index in [1.54, 1.807) is 6.08 Å². The van der Waals surface area contributed by atoms with Crippen LogP contribution in [0.4, 0.5) is 9.80 Å². The summed E-state index contributed by atoms with van der Waals surface area (Å²) >= 11 is 2.78. The van der Waals surface area contributed by atoms with Crippen molar-refractivity contribution in [3.63, 3.8) is 0 Å². The summed E-state index contributed by atoms with van der Waals surface area (Å²) in [4.78, 5) is 27.7. The predicted molar refractivity (Wildman–Crippen MR) is 125 cm³/mol. The molecule has 2 amide bonds. The number of amides is 2. The first-order valence-corrected chi connectivity index (χ1v) is 11.9. The van der Waals surface area contributed by atoms with E-state index in [0.29, 0.717) is 30.1 Å². The maximum Gasteiger partial charge on any atom is 0.281 e. The van der Waals surface area contributed by atoms with Crippen molar-refractivity contribution in [2.45, 2.75) is 39.2 Å². The van der Waals surface area contributed by atoms with Gasteiger partial charge in [-0.3, -0.25) is 9.59 Å². The fraction of sp³-hybridized carbons (Fsp3) is 0.348. The molecule has 5 nitrogen and oxygen atoms in total. The summed E-state index contributed by atoms with van der Waals surface area (Å²) in [6, 6.07) is 11.8. The number of nitriles is 1. The number of thiophene rings is 1. The smallest absolute Gasteiger partial charge is 0.281 e. The molecule has 2 aromatic rings. The molecular weight excluding hydrogens is 414 g/mol. The standard InChI is InChI=1S/C23H25N3O2S2/c1-2-3-7-14-29-23(28)26-13-12-18-19(15-24)22(30-20(18)16-26)25-21(27)11-10-17-8-5-4-6-9-17/h4-6,8-11H,2-3,7,12-14,16H2,1H3,(H,25,27).